The van der Waals surface area contributed by atoms with Crippen molar-refractivity contribution in [3.63, 3.8) is 0 Å². The van der Waals surface area contributed by atoms with Gasteiger partial charge in [-0.05, 0) is 14.1 Å². The third-order valence-corrected chi connectivity index (χ3v) is 3.46. The van der Waals surface area contributed by atoms with Gasteiger partial charge >= 0.3 is 9.08 Å². The Bertz CT molecular complexity index is 81.6. The number of rotatable bonds is 3. The monoisotopic (exact) mass is 171 g/mol. The molecule has 0 unspecified atom stereocenters. The molecule has 0 fully saturated rings. The molecule has 0 saturated heterocycles. The van der Waals surface area contributed by atoms with E-state index in [4.69, 9.17) is 0 Å². The van der Waals surface area contributed by atoms with E-state index in [1.54, 1.807) is 18.7 Å². The molecule has 0 aromatic heterocycles. The van der Waals surface area contributed by atoms with E-state index >= 15 is 0 Å². The van der Waals surface area contributed by atoms with Crippen LogP contribution < -0.4 is 0 Å². The van der Waals surface area contributed by atoms with Crippen LogP contribution in [0.1, 0.15) is 0 Å². The summed E-state index contributed by atoms with van der Waals surface area (Å²) in [5, 5.41) is 0. The van der Waals surface area contributed by atoms with Crippen molar-refractivity contribution < 1.29 is 12.3 Å². The number of halogens is 3. The molecule has 0 spiro atoms. The molecule has 0 aliphatic heterocycles. The van der Waals surface area contributed by atoms with Crippen LogP contribution in [0, 0.1) is 0 Å². The Morgan fingerprint density at radius 1 is 1.33 bits per heavy atom. The van der Waals surface area contributed by atoms with Crippen molar-refractivity contribution in [2.24, 2.45) is 0 Å². The number of hydrogen-bond donors (Lipinski definition) is 0. The van der Waals surface area contributed by atoms with E-state index in [-0.39, 0.29) is 9.68 Å². The summed E-state index contributed by atoms with van der Waals surface area (Å²) >= 11 is 0. The first-order chi connectivity index (χ1) is 3.92. The summed E-state index contributed by atoms with van der Waals surface area (Å²) in [7, 11) is -2.04. The third kappa shape index (κ3) is 8.18. The van der Waals surface area contributed by atoms with Crippen molar-refractivity contribution >= 4 is 18.8 Å². The molecule has 2 radical (unpaired) electrons. The summed E-state index contributed by atoms with van der Waals surface area (Å²) in [6.07, 6.45) is 0. The summed E-state index contributed by atoms with van der Waals surface area (Å²) in [6, 6.07) is 0. The van der Waals surface area contributed by atoms with Crippen molar-refractivity contribution in [3.8, 4) is 0 Å². The molecular formula is C3H8F3NSi2. The van der Waals surface area contributed by atoms with Gasteiger partial charge in [0.05, 0.1) is 0 Å². The maximum Gasteiger partial charge on any atom is 0.614 e. The standard InChI is InChI=1S/C3H8F3NSi2/c1-7(2)8-3-9(4,5)6/h3H2,1-2H3. The van der Waals surface area contributed by atoms with Crippen LogP contribution in [0.2, 0.25) is 5.67 Å². The highest BCUT2D eigenvalue weighted by atomic mass is 28.5. The van der Waals surface area contributed by atoms with Crippen LogP contribution in [0.5, 0.6) is 0 Å². The first-order valence-electron chi connectivity index (χ1n) is 2.39. The van der Waals surface area contributed by atoms with E-state index in [2.05, 4.69) is 0 Å². The van der Waals surface area contributed by atoms with Crippen molar-refractivity contribution in [2.45, 2.75) is 5.67 Å². The zero-order valence-corrected chi connectivity index (χ0v) is 7.29. The van der Waals surface area contributed by atoms with E-state index in [0.717, 1.165) is 0 Å². The molecule has 0 amide bonds. The second-order valence-corrected chi connectivity index (χ2v) is 5.70. The minimum absolute atomic E-state index is 0.0899. The maximum absolute atomic E-state index is 11.5. The lowest BCUT2D eigenvalue weighted by atomic mass is 11.3. The lowest BCUT2D eigenvalue weighted by Crippen LogP contribution is -2.26. The van der Waals surface area contributed by atoms with E-state index in [0.29, 0.717) is 0 Å². The van der Waals surface area contributed by atoms with Gasteiger partial charge in [-0.15, -0.1) is 0 Å². The molecular weight excluding hydrogens is 163 g/mol. The number of nitrogens with zero attached hydrogens (tertiary/aromatic N) is 1. The highest BCUT2D eigenvalue weighted by molar-refractivity contribution is 6.69. The van der Waals surface area contributed by atoms with Gasteiger partial charge in [0.2, 0.25) is 0 Å². The molecule has 0 saturated carbocycles. The van der Waals surface area contributed by atoms with Crippen LogP contribution in [-0.4, -0.2) is 37.4 Å². The zero-order valence-electron chi connectivity index (χ0n) is 5.29. The van der Waals surface area contributed by atoms with Crippen molar-refractivity contribution in [2.75, 3.05) is 14.1 Å². The van der Waals surface area contributed by atoms with Gasteiger partial charge in [0, 0.05) is 5.67 Å². The molecule has 0 rings (SSSR count). The minimum Gasteiger partial charge on any atom is -0.331 e. The molecule has 6 heteroatoms. The molecule has 0 bridgehead atoms. The minimum atomic E-state index is -5.25. The zero-order chi connectivity index (χ0) is 7.49. The average molecular weight is 171 g/mol. The summed E-state index contributed by atoms with van der Waals surface area (Å²) in [4.78, 5) is 0. The molecule has 1 nitrogen and oxygen atoms in total. The van der Waals surface area contributed by atoms with Gasteiger partial charge in [0.15, 0.2) is 0 Å². The van der Waals surface area contributed by atoms with Crippen molar-refractivity contribution in [3.05, 3.63) is 0 Å². The molecule has 0 aromatic rings. The van der Waals surface area contributed by atoms with Gasteiger partial charge in [-0.1, -0.05) is 0 Å². The predicted octanol–water partition coefficient (Wildman–Crippen LogP) is 0.972. The van der Waals surface area contributed by atoms with E-state index in [1.807, 2.05) is 0 Å². The molecule has 0 aliphatic rings. The lowest BCUT2D eigenvalue weighted by molar-refractivity contribution is 0.479. The Kier molecular flexibility index (Phi) is 3.45. The van der Waals surface area contributed by atoms with Gasteiger partial charge < -0.3 is 4.57 Å². The molecule has 0 N–H and O–H groups in total. The van der Waals surface area contributed by atoms with E-state index < -0.39 is 14.7 Å². The summed E-state index contributed by atoms with van der Waals surface area (Å²) in [6.45, 7) is 0. The van der Waals surface area contributed by atoms with Crippen LogP contribution in [0.15, 0.2) is 0 Å². The Morgan fingerprint density at radius 3 is 1.89 bits per heavy atom. The second kappa shape index (κ2) is 3.38. The van der Waals surface area contributed by atoms with Crippen LogP contribution in [0.3, 0.4) is 0 Å². The Labute approximate surface area is 56.3 Å². The molecule has 0 aromatic carbocycles. The smallest absolute Gasteiger partial charge is 0.331 e. The quantitative estimate of drug-likeness (QED) is 0.452. The Morgan fingerprint density at radius 2 is 1.78 bits per heavy atom. The van der Waals surface area contributed by atoms with E-state index in [1.165, 1.54) is 0 Å². The largest absolute Gasteiger partial charge is 0.614 e. The van der Waals surface area contributed by atoms with Crippen molar-refractivity contribution in [1.82, 2.24) is 4.57 Å². The summed E-state index contributed by atoms with van der Waals surface area (Å²) < 4.78 is 36.2. The topological polar surface area (TPSA) is 3.24 Å². The van der Waals surface area contributed by atoms with Gasteiger partial charge in [-0.25, -0.2) is 12.3 Å². The van der Waals surface area contributed by atoms with Gasteiger partial charge in [0.25, 0.3) is 0 Å². The Balaban J connectivity index is 3.28. The second-order valence-electron chi connectivity index (χ2n) is 1.84. The highest BCUT2D eigenvalue weighted by Crippen LogP contribution is 2.12. The van der Waals surface area contributed by atoms with Crippen LogP contribution in [0.25, 0.3) is 0 Å². The fraction of sp³-hybridized carbons (Fsp3) is 1.00. The fourth-order valence-corrected chi connectivity index (χ4v) is 2.23. The van der Waals surface area contributed by atoms with Crippen molar-refractivity contribution in [1.29, 1.82) is 0 Å². The Hall–Kier alpha value is 0.184. The average Bonchev–Trinajstić information content (AvgIpc) is 1.59. The predicted molar refractivity (Wildman–Crippen MR) is 33.3 cm³/mol. The number of hydrogen-bond acceptors (Lipinski definition) is 1. The van der Waals surface area contributed by atoms with E-state index in [9.17, 15) is 12.3 Å². The molecule has 9 heavy (non-hydrogen) atoms. The highest BCUT2D eigenvalue weighted by Gasteiger charge is 2.36. The molecule has 0 atom stereocenters. The summed E-state index contributed by atoms with van der Waals surface area (Å²) in [5.74, 6) is 0. The first kappa shape index (κ1) is 9.18. The van der Waals surface area contributed by atoms with Crippen LogP contribution in [0.4, 0.5) is 12.3 Å². The van der Waals surface area contributed by atoms with Gasteiger partial charge in [-0.2, -0.15) is 0 Å². The fourth-order valence-electron chi connectivity index (χ4n) is 0.248. The van der Waals surface area contributed by atoms with Crippen LogP contribution >= 0.6 is 0 Å². The van der Waals surface area contributed by atoms with Crippen LogP contribution in [-0.2, 0) is 0 Å². The maximum atomic E-state index is 11.5. The normalized spacial score (nSPS) is 12.7. The lowest BCUT2D eigenvalue weighted by Gasteiger charge is -2.06. The SMILES string of the molecule is CN(C)[Si]C[Si](F)(F)F. The third-order valence-electron chi connectivity index (χ3n) is 0.596. The molecule has 0 heterocycles. The first-order valence-corrected chi connectivity index (χ1v) is 5.39. The molecule has 54 valence electrons. The van der Waals surface area contributed by atoms with Gasteiger partial charge in [0.1, 0.15) is 9.68 Å². The van der Waals surface area contributed by atoms with Gasteiger partial charge in [-0.3, -0.25) is 0 Å². The summed E-state index contributed by atoms with van der Waals surface area (Å²) in [5.41, 5.74) is -0.556. The molecule has 0 aliphatic carbocycles.